The van der Waals surface area contributed by atoms with Crippen LogP contribution in [0.3, 0.4) is 0 Å². The number of aliphatic hydroxyl groups excluding tert-OH is 1. The first-order chi connectivity index (χ1) is 9.22. The number of aromatic nitrogens is 2. The van der Waals surface area contributed by atoms with E-state index in [1.165, 1.54) is 16.7 Å². The van der Waals surface area contributed by atoms with Gasteiger partial charge in [-0.2, -0.15) is 5.10 Å². The van der Waals surface area contributed by atoms with Crippen LogP contribution in [0.1, 0.15) is 17.5 Å². The largest absolute Gasteiger partial charge is 0.392 e. The van der Waals surface area contributed by atoms with E-state index >= 15 is 0 Å². The number of H-pyrrole nitrogens is 1. The van der Waals surface area contributed by atoms with Crippen molar-refractivity contribution in [1.29, 1.82) is 0 Å². The van der Waals surface area contributed by atoms with Crippen LogP contribution >= 0.6 is 0 Å². The number of benzene rings is 1. The Morgan fingerprint density at radius 1 is 1.47 bits per heavy atom. The number of hydrogen-bond donors (Lipinski definition) is 2. The number of aryl methyl sites for hydroxylation is 1. The second kappa shape index (κ2) is 5.15. The highest BCUT2D eigenvalue weighted by atomic mass is 16.3. The predicted molar refractivity (Wildman–Crippen MR) is 74.7 cm³/mol. The molecule has 0 amide bonds. The molecule has 0 saturated carbocycles. The highest BCUT2D eigenvalue weighted by molar-refractivity contribution is 5.63. The Hall–Kier alpha value is -1.65. The van der Waals surface area contributed by atoms with Gasteiger partial charge in [0.15, 0.2) is 0 Å². The summed E-state index contributed by atoms with van der Waals surface area (Å²) in [5.74, 6) is 0. The van der Waals surface area contributed by atoms with Gasteiger partial charge in [0.1, 0.15) is 0 Å². The van der Waals surface area contributed by atoms with Crippen molar-refractivity contribution >= 4 is 0 Å². The third kappa shape index (κ3) is 2.69. The minimum Gasteiger partial charge on any atom is -0.392 e. The molecule has 1 aliphatic heterocycles. The molecule has 2 N–H and O–H groups in total. The highest BCUT2D eigenvalue weighted by Gasteiger charge is 2.21. The fraction of sp³-hybridized carbons (Fsp3) is 0.400. The molecule has 2 heterocycles. The number of hydrogen-bond acceptors (Lipinski definition) is 3. The molecule has 0 spiro atoms. The first-order valence-electron chi connectivity index (χ1n) is 6.72. The molecule has 1 saturated heterocycles. The number of nitrogens with one attached hydrogen (secondary N) is 1. The Labute approximate surface area is 113 Å². The fourth-order valence-electron chi connectivity index (χ4n) is 2.68. The van der Waals surface area contributed by atoms with Crippen molar-refractivity contribution in [3.63, 3.8) is 0 Å². The van der Waals surface area contributed by atoms with Crippen molar-refractivity contribution in [2.75, 3.05) is 13.1 Å². The smallest absolute Gasteiger partial charge is 0.0695 e. The van der Waals surface area contributed by atoms with Crippen LogP contribution in [0.5, 0.6) is 0 Å². The molecule has 1 aliphatic rings. The van der Waals surface area contributed by atoms with Crippen LogP contribution in [0, 0.1) is 6.92 Å². The zero-order chi connectivity index (χ0) is 13.2. The van der Waals surface area contributed by atoms with Crippen molar-refractivity contribution in [2.24, 2.45) is 0 Å². The van der Waals surface area contributed by atoms with Gasteiger partial charge in [-0.05, 0) is 19.4 Å². The summed E-state index contributed by atoms with van der Waals surface area (Å²) in [4.78, 5) is 2.27. The van der Waals surface area contributed by atoms with Gasteiger partial charge in [0, 0.05) is 30.8 Å². The summed E-state index contributed by atoms with van der Waals surface area (Å²) < 4.78 is 0. The molecule has 2 aromatic rings. The van der Waals surface area contributed by atoms with Crippen LogP contribution < -0.4 is 0 Å². The molecule has 0 aliphatic carbocycles. The van der Waals surface area contributed by atoms with E-state index in [1.54, 1.807) is 0 Å². The van der Waals surface area contributed by atoms with Gasteiger partial charge in [0.25, 0.3) is 0 Å². The average Bonchev–Trinajstić information content (AvgIpc) is 2.99. The van der Waals surface area contributed by atoms with Gasteiger partial charge in [-0.1, -0.05) is 23.8 Å². The van der Waals surface area contributed by atoms with Crippen LogP contribution in [-0.2, 0) is 6.54 Å². The van der Waals surface area contributed by atoms with E-state index < -0.39 is 0 Å². The topological polar surface area (TPSA) is 52.2 Å². The molecule has 3 rings (SSSR count). The first-order valence-corrected chi connectivity index (χ1v) is 6.72. The predicted octanol–water partition coefficient (Wildman–Crippen LogP) is 1.95. The monoisotopic (exact) mass is 257 g/mol. The number of aliphatic hydroxyl groups is 1. The van der Waals surface area contributed by atoms with Crippen LogP contribution in [0.15, 0.2) is 30.5 Å². The van der Waals surface area contributed by atoms with Gasteiger partial charge in [-0.3, -0.25) is 10.00 Å². The zero-order valence-corrected chi connectivity index (χ0v) is 11.1. The Balaban J connectivity index is 1.82. The SMILES string of the molecule is Cc1cccc(-c2[nH]ncc2CN2CC[C@@H](O)C2)c1. The van der Waals surface area contributed by atoms with Crippen molar-refractivity contribution in [2.45, 2.75) is 26.0 Å². The van der Waals surface area contributed by atoms with E-state index in [0.29, 0.717) is 0 Å². The summed E-state index contributed by atoms with van der Waals surface area (Å²) in [6.45, 7) is 4.66. The molecule has 4 nitrogen and oxygen atoms in total. The molecule has 100 valence electrons. The normalized spacial score (nSPS) is 20.0. The second-order valence-electron chi connectivity index (χ2n) is 5.32. The summed E-state index contributed by atoms with van der Waals surface area (Å²) in [6.07, 6.45) is 2.59. The molecule has 0 bridgehead atoms. The molecular weight excluding hydrogens is 238 g/mol. The maximum Gasteiger partial charge on any atom is 0.0695 e. The summed E-state index contributed by atoms with van der Waals surface area (Å²) in [5, 5.41) is 16.9. The quantitative estimate of drug-likeness (QED) is 0.883. The Morgan fingerprint density at radius 2 is 2.37 bits per heavy atom. The van der Waals surface area contributed by atoms with Gasteiger partial charge in [0.2, 0.25) is 0 Å². The molecule has 1 aromatic carbocycles. The van der Waals surface area contributed by atoms with E-state index in [9.17, 15) is 5.11 Å². The third-order valence-electron chi connectivity index (χ3n) is 3.67. The van der Waals surface area contributed by atoms with E-state index in [1.807, 2.05) is 6.20 Å². The molecule has 1 aromatic heterocycles. The Kier molecular flexibility index (Phi) is 3.36. The molecule has 0 radical (unpaired) electrons. The molecule has 0 unspecified atom stereocenters. The minimum absolute atomic E-state index is 0.172. The Bertz CT molecular complexity index is 564. The Morgan fingerprint density at radius 3 is 3.11 bits per heavy atom. The maximum absolute atomic E-state index is 9.59. The van der Waals surface area contributed by atoms with Gasteiger partial charge < -0.3 is 5.11 Å². The van der Waals surface area contributed by atoms with Gasteiger partial charge in [0.05, 0.1) is 18.0 Å². The van der Waals surface area contributed by atoms with Crippen molar-refractivity contribution in [3.05, 3.63) is 41.6 Å². The average molecular weight is 257 g/mol. The number of β-amino-alcohol motifs (C(OH)–C–C–N with tert-alkyl or cyclic N) is 1. The lowest BCUT2D eigenvalue weighted by Gasteiger charge is -2.14. The van der Waals surface area contributed by atoms with Crippen molar-refractivity contribution < 1.29 is 5.11 Å². The summed E-state index contributed by atoms with van der Waals surface area (Å²) in [5.41, 5.74) is 4.70. The number of rotatable bonds is 3. The summed E-state index contributed by atoms with van der Waals surface area (Å²) in [6, 6.07) is 8.42. The molecular formula is C15H19N3O. The van der Waals surface area contributed by atoms with E-state index in [0.717, 1.165) is 31.7 Å². The lowest BCUT2D eigenvalue weighted by atomic mass is 10.1. The van der Waals surface area contributed by atoms with Crippen LogP contribution in [0.25, 0.3) is 11.3 Å². The summed E-state index contributed by atoms with van der Waals surface area (Å²) in [7, 11) is 0. The number of likely N-dealkylation sites (tertiary alicyclic amines) is 1. The molecule has 4 heteroatoms. The molecule has 19 heavy (non-hydrogen) atoms. The fourth-order valence-corrected chi connectivity index (χ4v) is 2.68. The van der Waals surface area contributed by atoms with Crippen molar-refractivity contribution in [3.8, 4) is 11.3 Å². The standard InChI is InChI=1S/C15H19N3O/c1-11-3-2-4-12(7-11)15-13(8-16-17-15)9-18-6-5-14(19)10-18/h2-4,7-8,14,19H,5-6,9-10H2,1H3,(H,16,17)/t14-/m1/s1. The van der Waals surface area contributed by atoms with E-state index in [4.69, 9.17) is 0 Å². The maximum atomic E-state index is 9.59. The highest BCUT2D eigenvalue weighted by Crippen LogP contribution is 2.24. The third-order valence-corrected chi connectivity index (χ3v) is 3.67. The van der Waals surface area contributed by atoms with E-state index in [-0.39, 0.29) is 6.10 Å². The van der Waals surface area contributed by atoms with Gasteiger partial charge in [-0.25, -0.2) is 0 Å². The second-order valence-corrected chi connectivity index (χ2v) is 5.32. The van der Waals surface area contributed by atoms with Crippen molar-refractivity contribution in [1.82, 2.24) is 15.1 Å². The van der Waals surface area contributed by atoms with Crippen LogP contribution in [0.4, 0.5) is 0 Å². The first kappa shape index (κ1) is 12.4. The van der Waals surface area contributed by atoms with Gasteiger partial charge in [-0.15, -0.1) is 0 Å². The van der Waals surface area contributed by atoms with Crippen LogP contribution in [0.2, 0.25) is 0 Å². The zero-order valence-electron chi connectivity index (χ0n) is 11.1. The molecule has 1 atom stereocenters. The van der Waals surface area contributed by atoms with E-state index in [2.05, 4.69) is 46.3 Å². The van der Waals surface area contributed by atoms with Crippen LogP contribution in [-0.4, -0.2) is 39.4 Å². The number of nitrogens with zero attached hydrogens (tertiary/aromatic N) is 2. The lowest BCUT2D eigenvalue weighted by molar-refractivity contribution is 0.175. The number of aromatic amines is 1. The lowest BCUT2D eigenvalue weighted by Crippen LogP contribution is -2.21. The molecule has 1 fully saturated rings. The summed E-state index contributed by atoms with van der Waals surface area (Å²) >= 11 is 0. The van der Waals surface area contributed by atoms with Gasteiger partial charge >= 0.3 is 0 Å². The minimum atomic E-state index is -0.172.